The van der Waals surface area contributed by atoms with Gasteiger partial charge in [-0.3, -0.25) is 4.79 Å². The Balaban J connectivity index is 1.68. The van der Waals surface area contributed by atoms with Gasteiger partial charge in [0.15, 0.2) is 0 Å². The van der Waals surface area contributed by atoms with Gasteiger partial charge in [0.1, 0.15) is 10.8 Å². The predicted octanol–water partition coefficient (Wildman–Crippen LogP) is 5.00. The van der Waals surface area contributed by atoms with Gasteiger partial charge in [-0.1, -0.05) is 37.3 Å². The molecule has 1 amide bonds. The average Bonchev–Trinajstić information content (AvgIpc) is 3.06. The van der Waals surface area contributed by atoms with Crippen LogP contribution in [0, 0.1) is 12.7 Å². The first-order valence-electron chi connectivity index (χ1n) is 8.15. The van der Waals surface area contributed by atoms with Gasteiger partial charge >= 0.3 is 0 Å². The van der Waals surface area contributed by atoms with Crippen molar-refractivity contribution in [3.05, 3.63) is 70.5 Å². The summed E-state index contributed by atoms with van der Waals surface area (Å²) in [6.07, 6.45) is 1.12. The maximum Gasteiger partial charge on any atom is 0.230 e. The summed E-state index contributed by atoms with van der Waals surface area (Å²) < 4.78 is 13.7. The van der Waals surface area contributed by atoms with Crippen molar-refractivity contribution in [1.82, 2.24) is 4.98 Å². The molecule has 0 spiro atoms. The van der Waals surface area contributed by atoms with Crippen LogP contribution in [-0.4, -0.2) is 10.9 Å². The molecule has 0 aliphatic carbocycles. The van der Waals surface area contributed by atoms with E-state index in [0.29, 0.717) is 5.69 Å². The molecule has 0 unspecified atom stereocenters. The van der Waals surface area contributed by atoms with Crippen molar-refractivity contribution < 1.29 is 9.18 Å². The lowest BCUT2D eigenvalue weighted by Gasteiger charge is -2.06. The Morgan fingerprint density at radius 3 is 2.68 bits per heavy atom. The molecule has 3 rings (SSSR count). The molecule has 0 bridgehead atoms. The fraction of sp³-hybridized carbons (Fsp3) is 0.200. The topological polar surface area (TPSA) is 42.0 Å². The van der Waals surface area contributed by atoms with Crippen molar-refractivity contribution in [3.8, 4) is 10.6 Å². The second-order valence-electron chi connectivity index (χ2n) is 5.90. The van der Waals surface area contributed by atoms with Crippen LogP contribution in [0.25, 0.3) is 10.6 Å². The summed E-state index contributed by atoms with van der Waals surface area (Å²) in [7, 11) is 0. The molecular weight excluding hydrogens is 335 g/mol. The maximum atomic E-state index is 13.7. The van der Waals surface area contributed by atoms with Crippen LogP contribution in [0.2, 0.25) is 0 Å². The number of hydrogen-bond acceptors (Lipinski definition) is 3. The number of benzene rings is 2. The number of carbonyl (C=O) groups is 1. The van der Waals surface area contributed by atoms with E-state index in [-0.39, 0.29) is 18.0 Å². The van der Waals surface area contributed by atoms with E-state index in [2.05, 4.69) is 29.4 Å². The minimum atomic E-state index is -0.436. The van der Waals surface area contributed by atoms with Gasteiger partial charge in [0.2, 0.25) is 5.91 Å². The van der Waals surface area contributed by atoms with Gasteiger partial charge < -0.3 is 5.32 Å². The largest absolute Gasteiger partial charge is 0.323 e. The van der Waals surface area contributed by atoms with E-state index in [1.54, 1.807) is 12.1 Å². The number of carbonyl (C=O) groups excluding carboxylic acids is 1. The first-order valence-corrected chi connectivity index (χ1v) is 9.03. The van der Waals surface area contributed by atoms with E-state index < -0.39 is 5.82 Å². The highest BCUT2D eigenvalue weighted by Crippen LogP contribution is 2.24. The van der Waals surface area contributed by atoms with Crippen LogP contribution < -0.4 is 5.32 Å². The third-order valence-corrected chi connectivity index (χ3v) is 4.84. The smallest absolute Gasteiger partial charge is 0.230 e. The van der Waals surface area contributed by atoms with Gasteiger partial charge in [-0.15, -0.1) is 11.3 Å². The van der Waals surface area contributed by atoms with E-state index in [0.717, 1.165) is 22.6 Å². The quantitative estimate of drug-likeness (QED) is 0.700. The summed E-state index contributed by atoms with van der Waals surface area (Å²) in [6.45, 7) is 3.97. The molecule has 0 saturated carbocycles. The number of halogens is 1. The fourth-order valence-electron chi connectivity index (χ4n) is 2.50. The van der Waals surface area contributed by atoms with Crippen LogP contribution in [0.15, 0.2) is 47.8 Å². The molecule has 1 heterocycles. The molecule has 0 aliphatic heterocycles. The molecule has 1 N–H and O–H groups in total. The van der Waals surface area contributed by atoms with E-state index in [4.69, 9.17) is 0 Å². The fourth-order valence-corrected chi connectivity index (χ4v) is 3.32. The van der Waals surface area contributed by atoms with Crippen LogP contribution >= 0.6 is 11.3 Å². The zero-order valence-electron chi connectivity index (χ0n) is 14.2. The van der Waals surface area contributed by atoms with Crippen molar-refractivity contribution in [2.24, 2.45) is 0 Å². The minimum absolute atomic E-state index is 0.122. The van der Waals surface area contributed by atoms with Crippen molar-refractivity contribution in [1.29, 1.82) is 0 Å². The third kappa shape index (κ3) is 4.31. The van der Waals surface area contributed by atoms with Gasteiger partial charge in [-0.25, -0.2) is 9.37 Å². The number of rotatable bonds is 5. The highest BCUT2D eigenvalue weighted by atomic mass is 32.1. The monoisotopic (exact) mass is 354 g/mol. The van der Waals surface area contributed by atoms with Crippen LogP contribution in [0.5, 0.6) is 0 Å². The Hall–Kier alpha value is -2.53. The van der Waals surface area contributed by atoms with E-state index in [9.17, 15) is 9.18 Å². The Morgan fingerprint density at radius 1 is 1.20 bits per heavy atom. The molecule has 1 aromatic heterocycles. The van der Waals surface area contributed by atoms with Gasteiger partial charge in [0.05, 0.1) is 17.8 Å². The van der Waals surface area contributed by atoms with E-state index in [1.807, 2.05) is 24.4 Å². The van der Waals surface area contributed by atoms with Crippen molar-refractivity contribution in [2.75, 3.05) is 5.32 Å². The summed E-state index contributed by atoms with van der Waals surface area (Å²) >= 11 is 1.50. The SMILES string of the molecule is CCc1ccc(-c2nc(CC(=O)Nc3cc(C)ccc3F)cs2)cc1. The molecule has 0 aliphatic rings. The maximum absolute atomic E-state index is 13.7. The van der Waals surface area contributed by atoms with Crippen molar-refractivity contribution in [3.63, 3.8) is 0 Å². The second-order valence-corrected chi connectivity index (χ2v) is 6.76. The van der Waals surface area contributed by atoms with Crippen LogP contribution in [0.3, 0.4) is 0 Å². The molecule has 128 valence electrons. The first kappa shape index (κ1) is 17.3. The van der Waals surface area contributed by atoms with Crippen LogP contribution in [0.1, 0.15) is 23.7 Å². The Morgan fingerprint density at radius 2 is 1.96 bits per heavy atom. The van der Waals surface area contributed by atoms with Crippen molar-refractivity contribution >= 4 is 22.9 Å². The zero-order valence-corrected chi connectivity index (χ0v) is 15.0. The van der Waals surface area contributed by atoms with Crippen LogP contribution in [-0.2, 0) is 17.6 Å². The second kappa shape index (κ2) is 7.57. The standard InChI is InChI=1S/C20H19FN2OS/c1-3-14-5-7-15(8-6-14)20-22-16(12-25-20)11-19(24)23-18-10-13(2)4-9-17(18)21/h4-10,12H,3,11H2,1-2H3,(H,23,24). The van der Waals surface area contributed by atoms with Gasteiger partial charge in [-0.05, 0) is 36.6 Å². The lowest BCUT2D eigenvalue weighted by atomic mass is 10.1. The Bertz CT molecular complexity index is 887. The van der Waals surface area contributed by atoms with E-state index in [1.165, 1.54) is 23.0 Å². The highest BCUT2D eigenvalue weighted by molar-refractivity contribution is 7.13. The molecule has 25 heavy (non-hydrogen) atoms. The number of nitrogens with zero attached hydrogens (tertiary/aromatic N) is 1. The minimum Gasteiger partial charge on any atom is -0.323 e. The van der Waals surface area contributed by atoms with E-state index >= 15 is 0 Å². The summed E-state index contributed by atoms with van der Waals surface area (Å²) in [4.78, 5) is 16.7. The summed E-state index contributed by atoms with van der Waals surface area (Å²) in [5, 5.41) is 5.37. The molecule has 3 aromatic rings. The van der Waals surface area contributed by atoms with Crippen LogP contribution in [0.4, 0.5) is 10.1 Å². The Kier molecular flexibility index (Phi) is 5.24. The normalized spacial score (nSPS) is 10.7. The summed E-state index contributed by atoms with van der Waals surface area (Å²) in [5.74, 6) is -0.711. The molecule has 2 aromatic carbocycles. The summed E-state index contributed by atoms with van der Waals surface area (Å²) in [5.41, 5.74) is 4.10. The highest BCUT2D eigenvalue weighted by Gasteiger charge is 2.11. The molecular formula is C20H19FN2OS. The predicted molar refractivity (Wildman–Crippen MR) is 100 cm³/mol. The van der Waals surface area contributed by atoms with Gasteiger partial charge in [-0.2, -0.15) is 0 Å². The Labute approximate surface area is 150 Å². The number of nitrogens with one attached hydrogen (secondary N) is 1. The van der Waals surface area contributed by atoms with Crippen molar-refractivity contribution in [2.45, 2.75) is 26.7 Å². The molecule has 0 saturated heterocycles. The lowest BCUT2D eigenvalue weighted by Crippen LogP contribution is -2.15. The average molecular weight is 354 g/mol. The zero-order chi connectivity index (χ0) is 17.8. The molecule has 0 radical (unpaired) electrons. The number of aryl methyl sites for hydroxylation is 2. The number of aromatic nitrogens is 1. The lowest BCUT2D eigenvalue weighted by molar-refractivity contribution is -0.115. The summed E-state index contributed by atoms with van der Waals surface area (Å²) in [6, 6.07) is 12.9. The van der Waals surface area contributed by atoms with Gasteiger partial charge in [0, 0.05) is 10.9 Å². The number of amides is 1. The third-order valence-electron chi connectivity index (χ3n) is 3.90. The number of thiazole rings is 1. The first-order chi connectivity index (χ1) is 12.0. The number of anilines is 1. The number of hydrogen-bond donors (Lipinski definition) is 1. The molecule has 5 heteroatoms. The molecule has 0 atom stereocenters. The molecule has 3 nitrogen and oxygen atoms in total. The van der Waals surface area contributed by atoms with Gasteiger partial charge in [0.25, 0.3) is 0 Å². The molecule has 0 fully saturated rings.